The summed E-state index contributed by atoms with van der Waals surface area (Å²) >= 11 is 1.48. The first-order valence-corrected chi connectivity index (χ1v) is 5.58. The van der Waals surface area contributed by atoms with E-state index in [-0.39, 0.29) is 0 Å². The van der Waals surface area contributed by atoms with Crippen LogP contribution in [0.3, 0.4) is 0 Å². The molecule has 1 heterocycles. The molecule has 0 bridgehead atoms. The Morgan fingerprint density at radius 2 is 2.29 bits per heavy atom. The van der Waals surface area contributed by atoms with E-state index in [1.54, 1.807) is 0 Å². The zero-order valence-corrected chi connectivity index (χ0v) is 9.77. The van der Waals surface area contributed by atoms with Crippen LogP contribution >= 0.6 is 11.5 Å². The molecule has 1 rings (SSSR count). The topological polar surface area (TPSA) is 37.8 Å². The smallest absolute Gasteiger partial charge is 0.0829 e. The van der Waals surface area contributed by atoms with Gasteiger partial charge < -0.3 is 5.32 Å². The quantitative estimate of drug-likeness (QED) is 0.760. The molecular formula is C10H17N3S. The number of nitrogens with zero attached hydrogens (tertiary/aromatic N) is 2. The standard InChI is InChI=1S/C10H17N3S/c1-5-6-8(11-4)10-9(7(2)3)12-13-14-10/h5,7-8,11H,1,6H2,2-4H3. The van der Waals surface area contributed by atoms with Crippen LogP contribution in [0.4, 0.5) is 0 Å². The Labute approximate surface area is 89.4 Å². The fourth-order valence-electron chi connectivity index (χ4n) is 1.37. The summed E-state index contributed by atoms with van der Waals surface area (Å²) in [6, 6.07) is 0.310. The molecule has 1 N–H and O–H groups in total. The van der Waals surface area contributed by atoms with Gasteiger partial charge in [-0.25, -0.2) is 0 Å². The zero-order valence-electron chi connectivity index (χ0n) is 8.95. The van der Waals surface area contributed by atoms with Gasteiger partial charge in [0.2, 0.25) is 0 Å². The molecule has 0 spiro atoms. The first-order valence-electron chi connectivity index (χ1n) is 4.81. The summed E-state index contributed by atoms with van der Waals surface area (Å²) in [5.74, 6) is 0.435. The lowest BCUT2D eigenvalue weighted by Gasteiger charge is -2.13. The van der Waals surface area contributed by atoms with E-state index in [1.165, 1.54) is 16.4 Å². The van der Waals surface area contributed by atoms with Crippen LogP contribution in [0.15, 0.2) is 12.7 Å². The third kappa shape index (κ3) is 2.39. The Bertz CT molecular complexity index is 293. The van der Waals surface area contributed by atoms with Gasteiger partial charge in [-0.1, -0.05) is 24.4 Å². The van der Waals surface area contributed by atoms with E-state index in [4.69, 9.17) is 0 Å². The lowest BCUT2D eigenvalue weighted by molar-refractivity contribution is 0.600. The first kappa shape index (κ1) is 11.3. The van der Waals surface area contributed by atoms with Crippen molar-refractivity contribution in [1.29, 1.82) is 0 Å². The van der Waals surface area contributed by atoms with E-state index in [1.807, 2.05) is 13.1 Å². The Balaban J connectivity index is 2.91. The summed E-state index contributed by atoms with van der Waals surface area (Å²) in [5, 5.41) is 7.42. The molecule has 0 aliphatic carbocycles. The summed E-state index contributed by atoms with van der Waals surface area (Å²) in [4.78, 5) is 1.24. The molecule has 1 atom stereocenters. The second-order valence-corrected chi connectivity index (χ2v) is 4.33. The van der Waals surface area contributed by atoms with Crippen molar-refractivity contribution in [2.24, 2.45) is 0 Å². The summed E-state index contributed by atoms with van der Waals surface area (Å²) in [7, 11) is 1.96. The molecule has 3 nitrogen and oxygen atoms in total. The Hall–Kier alpha value is -0.740. The molecule has 1 aromatic rings. The molecule has 0 aliphatic rings. The molecule has 1 aromatic heterocycles. The van der Waals surface area contributed by atoms with Gasteiger partial charge in [-0.2, -0.15) is 0 Å². The SMILES string of the molecule is C=CCC(NC)c1snnc1C(C)C. The lowest BCUT2D eigenvalue weighted by atomic mass is 10.0. The molecular weight excluding hydrogens is 194 g/mol. The molecule has 0 saturated carbocycles. The highest BCUT2D eigenvalue weighted by Gasteiger charge is 2.18. The molecule has 4 heteroatoms. The second kappa shape index (κ2) is 5.22. The van der Waals surface area contributed by atoms with Crippen LogP contribution in [-0.2, 0) is 0 Å². The average molecular weight is 211 g/mol. The fourth-order valence-corrected chi connectivity index (χ4v) is 2.30. The van der Waals surface area contributed by atoms with Crippen molar-refractivity contribution < 1.29 is 0 Å². The predicted octanol–water partition coefficient (Wildman–Crippen LogP) is 2.50. The van der Waals surface area contributed by atoms with Gasteiger partial charge in [0.1, 0.15) is 0 Å². The fraction of sp³-hybridized carbons (Fsp3) is 0.600. The summed E-state index contributed by atoms with van der Waals surface area (Å²) in [6.45, 7) is 8.04. The van der Waals surface area contributed by atoms with Crippen LogP contribution in [0, 0.1) is 0 Å². The van der Waals surface area contributed by atoms with Crippen LogP contribution in [0.25, 0.3) is 0 Å². The van der Waals surface area contributed by atoms with Gasteiger partial charge in [0.25, 0.3) is 0 Å². The van der Waals surface area contributed by atoms with Gasteiger partial charge in [0.15, 0.2) is 0 Å². The predicted molar refractivity (Wildman–Crippen MR) is 60.6 cm³/mol. The van der Waals surface area contributed by atoms with Crippen molar-refractivity contribution in [2.45, 2.75) is 32.2 Å². The maximum absolute atomic E-state index is 4.16. The monoisotopic (exact) mass is 211 g/mol. The number of hydrogen-bond donors (Lipinski definition) is 1. The maximum Gasteiger partial charge on any atom is 0.0829 e. The maximum atomic E-state index is 4.16. The largest absolute Gasteiger partial charge is 0.312 e. The van der Waals surface area contributed by atoms with Crippen LogP contribution < -0.4 is 5.32 Å². The third-order valence-corrected chi connectivity index (χ3v) is 3.01. The molecule has 14 heavy (non-hydrogen) atoms. The molecule has 0 radical (unpaired) electrons. The third-order valence-electron chi connectivity index (χ3n) is 2.15. The minimum Gasteiger partial charge on any atom is -0.312 e. The molecule has 0 fully saturated rings. The molecule has 0 aliphatic heterocycles. The summed E-state index contributed by atoms with van der Waals surface area (Å²) in [6.07, 6.45) is 2.84. The summed E-state index contributed by atoms with van der Waals surface area (Å²) in [5.41, 5.74) is 1.11. The van der Waals surface area contributed by atoms with Gasteiger partial charge in [-0.15, -0.1) is 11.7 Å². The minimum absolute atomic E-state index is 0.310. The highest BCUT2D eigenvalue weighted by atomic mass is 32.1. The van der Waals surface area contributed by atoms with Crippen molar-refractivity contribution in [2.75, 3.05) is 7.05 Å². The first-order chi connectivity index (χ1) is 6.70. The van der Waals surface area contributed by atoms with Crippen molar-refractivity contribution in [1.82, 2.24) is 14.9 Å². The van der Waals surface area contributed by atoms with Gasteiger partial charge >= 0.3 is 0 Å². The van der Waals surface area contributed by atoms with Crippen LogP contribution in [-0.4, -0.2) is 16.6 Å². The molecule has 0 aromatic carbocycles. The van der Waals surface area contributed by atoms with E-state index >= 15 is 0 Å². The minimum atomic E-state index is 0.310. The molecule has 0 amide bonds. The summed E-state index contributed by atoms with van der Waals surface area (Å²) < 4.78 is 4.01. The number of rotatable bonds is 5. The van der Waals surface area contributed by atoms with Crippen molar-refractivity contribution in [3.05, 3.63) is 23.2 Å². The highest BCUT2D eigenvalue weighted by molar-refractivity contribution is 7.05. The van der Waals surface area contributed by atoms with E-state index in [9.17, 15) is 0 Å². The average Bonchev–Trinajstić information content (AvgIpc) is 2.62. The number of nitrogens with one attached hydrogen (secondary N) is 1. The van der Waals surface area contributed by atoms with Gasteiger partial charge in [-0.3, -0.25) is 0 Å². The molecule has 0 saturated heterocycles. The lowest BCUT2D eigenvalue weighted by Crippen LogP contribution is -2.16. The number of aromatic nitrogens is 2. The van der Waals surface area contributed by atoms with Gasteiger partial charge in [0.05, 0.1) is 10.6 Å². The van der Waals surface area contributed by atoms with E-state index in [0.717, 1.165) is 12.1 Å². The molecule has 1 unspecified atom stereocenters. The van der Waals surface area contributed by atoms with Gasteiger partial charge in [-0.05, 0) is 30.9 Å². The van der Waals surface area contributed by atoms with E-state index in [0.29, 0.717) is 12.0 Å². The van der Waals surface area contributed by atoms with Crippen LogP contribution in [0.2, 0.25) is 0 Å². The van der Waals surface area contributed by atoms with Gasteiger partial charge in [0, 0.05) is 6.04 Å². The second-order valence-electron chi connectivity index (χ2n) is 3.54. The highest BCUT2D eigenvalue weighted by Crippen LogP contribution is 2.27. The van der Waals surface area contributed by atoms with Crippen molar-refractivity contribution in [3.8, 4) is 0 Å². The van der Waals surface area contributed by atoms with Crippen molar-refractivity contribution >= 4 is 11.5 Å². The Morgan fingerprint density at radius 1 is 1.57 bits per heavy atom. The number of hydrogen-bond acceptors (Lipinski definition) is 4. The van der Waals surface area contributed by atoms with E-state index in [2.05, 4.69) is 35.3 Å². The normalized spacial score (nSPS) is 13.1. The van der Waals surface area contributed by atoms with Crippen LogP contribution in [0.1, 0.15) is 42.8 Å². The molecule has 78 valence electrons. The van der Waals surface area contributed by atoms with Crippen LogP contribution in [0.5, 0.6) is 0 Å². The zero-order chi connectivity index (χ0) is 10.6. The van der Waals surface area contributed by atoms with Crippen molar-refractivity contribution in [3.63, 3.8) is 0 Å². The van der Waals surface area contributed by atoms with E-state index < -0.39 is 0 Å². The Morgan fingerprint density at radius 3 is 2.79 bits per heavy atom. The Kier molecular flexibility index (Phi) is 4.22.